The lowest BCUT2D eigenvalue weighted by molar-refractivity contribution is 0.0303. The van der Waals surface area contributed by atoms with E-state index in [0.717, 1.165) is 29.1 Å². The van der Waals surface area contributed by atoms with E-state index in [1.54, 1.807) is 11.3 Å². The maximum absolute atomic E-state index is 12.6. The number of morpholine rings is 1. The highest BCUT2D eigenvalue weighted by Gasteiger charge is 2.21. The van der Waals surface area contributed by atoms with E-state index in [9.17, 15) is 4.79 Å². The summed E-state index contributed by atoms with van der Waals surface area (Å²) in [5, 5.41) is 6.95. The summed E-state index contributed by atoms with van der Waals surface area (Å²) in [6, 6.07) is 5.90. The zero-order chi connectivity index (χ0) is 18.6. The van der Waals surface area contributed by atoms with Crippen molar-refractivity contribution in [3.05, 3.63) is 45.4 Å². The normalized spacial score (nSPS) is 18.0. The standard InChI is InChI=1S/C21H27N3O2S/c1-15-12-17(21(25)24-8-10-26-11-9-24)6-7-19(15)22-13-18-14-27-20(23-18)16-4-2-3-5-16/h6-7,12,14,16,22H,2-5,8-11,13H2,1H3. The largest absolute Gasteiger partial charge is 0.379 e. The second kappa shape index (κ2) is 8.40. The summed E-state index contributed by atoms with van der Waals surface area (Å²) in [4.78, 5) is 19.3. The van der Waals surface area contributed by atoms with E-state index in [1.165, 1.54) is 30.7 Å². The summed E-state index contributed by atoms with van der Waals surface area (Å²) in [6.45, 7) is 5.36. The van der Waals surface area contributed by atoms with Crippen molar-refractivity contribution < 1.29 is 9.53 Å². The Labute approximate surface area is 164 Å². The molecule has 5 nitrogen and oxygen atoms in total. The Morgan fingerprint density at radius 2 is 2.07 bits per heavy atom. The number of amides is 1. The molecule has 1 aliphatic carbocycles. The van der Waals surface area contributed by atoms with Crippen molar-refractivity contribution in [3.8, 4) is 0 Å². The molecule has 1 saturated carbocycles. The molecule has 1 amide bonds. The molecular weight excluding hydrogens is 358 g/mol. The number of aryl methyl sites for hydroxylation is 1. The Morgan fingerprint density at radius 1 is 1.30 bits per heavy atom. The van der Waals surface area contributed by atoms with Crippen LogP contribution in [0.3, 0.4) is 0 Å². The first-order chi connectivity index (χ1) is 13.2. The number of hydrogen-bond acceptors (Lipinski definition) is 5. The van der Waals surface area contributed by atoms with Gasteiger partial charge in [0.2, 0.25) is 0 Å². The number of carbonyl (C=O) groups is 1. The predicted octanol–water partition coefficient (Wildman–Crippen LogP) is 4.19. The van der Waals surface area contributed by atoms with E-state index in [1.807, 2.05) is 30.0 Å². The minimum atomic E-state index is 0.0913. The maximum Gasteiger partial charge on any atom is 0.254 e. The highest BCUT2D eigenvalue weighted by Crippen LogP contribution is 2.35. The van der Waals surface area contributed by atoms with Gasteiger partial charge in [0.1, 0.15) is 0 Å². The quantitative estimate of drug-likeness (QED) is 0.838. The van der Waals surface area contributed by atoms with Crippen LogP contribution in [-0.2, 0) is 11.3 Å². The molecule has 1 aromatic carbocycles. The molecule has 0 spiro atoms. The zero-order valence-corrected chi connectivity index (χ0v) is 16.7. The molecule has 27 heavy (non-hydrogen) atoms. The van der Waals surface area contributed by atoms with Crippen LogP contribution in [0.1, 0.15) is 58.2 Å². The molecule has 0 atom stereocenters. The van der Waals surface area contributed by atoms with Crippen LogP contribution in [0, 0.1) is 6.92 Å². The number of thiazole rings is 1. The summed E-state index contributed by atoms with van der Waals surface area (Å²) in [6.07, 6.45) is 5.26. The number of ether oxygens (including phenoxy) is 1. The molecule has 0 bridgehead atoms. The lowest BCUT2D eigenvalue weighted by atomic mass is 10.1. The molecule has 6 heteroatoms. The third-order valence-electron chi connectivity index (χ3n) is 5.51. The maximum atomic E-state index is 12.6. The second-order valence-electron chi connectivity index (χ2n) is 7.45. The van der Waals surface area contributed by atoms with E-state index in [-0.39, 0.29) is 5.91 Å². The molecule has 1 aromatic heterocycles. The fourth-order valence-electron chi connectivity index (χ4n) is 3.89. The number of anilines is 1. The number of nitrogens with one attached hydrogen (secondary N) is 1. The van der Waals surface area contributed by atoms with Gasteiger partial charge in [-0.05, 0) is 43.5 Å². The number of carbonyl (C=O) groups excluding carboxylic acids is 1. The first kappa shape index (κ1) is 18.4. The Hall–Kier alpha value is -1.92. The molecule has 2 fully saturated rings. The van der Waals surface area contributed by atoms with Crippen molar-refractivity contribution in [2.24, 2.45) is 0 Å². The van der Waals surface area contributed by atoms with Crippen molar-refractivity contribution in [1.82, 2.24) is 9.88 Å². The Morgan fingerprint density at radius 3 is 2.81 bits per heavy atom. The van der Waals surface area contributed by atoms with Gasteiger partial charge in [-0.25, -0.2) is 4.98 Å². The third kappa shape index (κ3) is 4.33. The SMILES string of the molecule is Cc1cc(C(=O)N2CCOCC2)ccc1NCc1csc(C2CCCC2)n1. The van der Waals surface area contributed by atoms with Crippen LogP contribution in [0.2, 0.25) is 0 Å². The molecular formula is C21H27N3O2S. The molecule has 1 aliphatic heterocycles. The number of benzene rings is 1. The number of rotatable bonds is 5. The van der Waals surface area contributed by atoms with Gasteiger partial charge < -0.3 is 15.0 Å². The number of hydrogen-bond donors (Lipinski definition) is 1. The van der Waals surface area contributed by atoms with Gasteiger partial charge in [-0.1, -0.05) is 12.8 Å². The lowest BCUT2D eigenvalue weighted by Gasteiger charge is -2.27. The summed E-state index contributed by atoms with van der Waals surface area (Å²) in [5.74, 6) is 0.768. The van der Waals surface area contributed by atoms with Crippen molar-refractivity contribution in [2.75, 3.05) is 31.6 Å². The van der Waals surface area contributed by atoms with Crippen LogP contribution in [0.25, 0.3) is 0 Å². The second-order valence-corrected chi connectivity index (χ2v) is 8.34. The first-order valence-electron chi connectivity index (χ1n) is 9.86. The molecule has 0 radical (unpaired) electrons. The molecule has 1 N–H and O–H groups in total. The summed E-state index contributed by atoms with van der Waals surface area (Å²) in [7, 11) is 0. The minimum absolute atomic E-state index is 0.0913. The van der Waals surface area contributed by atoms with Crippen molar-refractivity contribution in [1.29, 1.82) is 0 Å². The lowest BCUT2D eigenvalue weighted by Crippen LogP contribution is -2.40. The highest BCUT2D eigenvalue weighted by molar-refractivity contribution is 7.09. The molecule has 2 heterocycles. The van der Waals surface area contributed by atoms with Gasteiger partial charge in [-0.2, -0.15) is 0 Å². The summed E-state index contributed by atoms with van der Waals surface area (Å²) < 4.78 is 5.33. The average Bonchev–Trinajstić information content (AvgIpc) is 3.39. The fourth-order valence-corrected chi connectivity index (χ4v) is 4.88. The van der Waals surface area contributed by atoms with E-state index in [4.69, 9.17) is 9.72 Å². The molecule has 2 aromatic rings. The molecule has 0 unspecified atom stereocenters. The van der Waals surface area contributed by atoms with Crippen molar-refractivity contribution >= 4 is 22.9 Å². The summed E-state index contributed by atoms with van der Waals surface area (Å²) in [5.41, 5.74) is 4.00. The Balaban J connectivity index is 1.37. The van der Waals surface area contributed by atoms with Crippen LogP contribution in [0.5, 0.6) is 0 Å². The van der Waals surface area contributed by atoms with Gasteiger partial charge in [0.05, 0.1) is 30.5 Å². The van der Waals surface area contributed by atoms with E-state index < -0.39 is 0 Å². The minimum Gasteiger partial charge on any atom is -0.379 e. The van der Waals surface area contributed by atoms with E-state index >= 15 is 0 Å². The van der Waals surface area contributed by atoms with E-state index in [2.05, 4.69) is 10.7 Å². The van der Waals surface area contributed by atoms with Crippen LogP contribution in [0.4, 0.5) is 5.69 Å². The van der Waals surface area contributed by atoms with Gasteiger partial charge in [-0.15, -0.1) is 11.3 Å². The molecule has 144 valence electrons. The van der Waals surface area contributed by atoms with Crippen molar-refractivity contribution in [2.45, 2.75) is 45.1 Å². The topological polar surface area (TPSA) is 54.5 Å². The zero-order valence-electron chi connectivity index (χ0n) is 15.9. The average molecular weight is 386 g/mol. The Kier molecular flexibility index (Phi) is 5.74. The van der Waals surface area contributed by atoms with Crippen LogP contribution >= 0.6 is 11.3 Å². The monoisotopic (exact) mass is 385 g/mol. The molecule has 4 rings (SSSR count). The summed E-state index contributed by atoms with van der Waals surface area (Å²) >= 11 is 1.80. The van der Waals surface area contributed by atoms with Gasteiger partial charge >= 0.3 is 0 Å². The van der Waals surface area contributed by atoms with Crippen LogP contribution in [-0.4, -0.2) is 42.1 Å². The van der Waals surface area contributed by atoms with Gasteiger partial charge in [0.15, 0.2) is 0 Å². The van der Waals surface area contributed by atoms with E-state index in [0.29, 0.717) is 32.2 Å². The van der Waals surface area contributed by atoms with Gasteiger partial charge in [0.25, 0.3) is 5.91 Å². The number of nitrogens with zero attached hydrogens (tertiary/aromatic N) is 2. The predicted molar refractivity (Wildman–Crippen MR) is 109 cm³/mol. The third-order valence-corrected chi connectivity index (χ3v) is 6.56. The smallest absolute Gasteiger partial charge is 0.254 e. The Bertz CT molecular complexity index is 792. The first-order valence-corrected chi connectivity index (χ1v) is 10.7. The number of aromatic nitrogens is 1. The van der Waals surface area contributed by atoms with Gasteiger partial charge in [-0.3, -0.25) is 4.79 Å². The molecule has 2 aliphatic rings. The van der Waals surface area contributed by atoms with Crippen LogP contribution in [0.15, 0.2) is 23.6 Å². The van der Waals surface area contributed by atoms with Crippen LogP contribution < -0.4 is 5.32 Å². The fraction of sp³-hybridized carbons (Fsp3) is 0.524. The van der Waals surface area contributed by atoms with Gasteiger partial charge in [0, 0.05) is 35.6 Å². The van der Waals surface area contributed by atoms with Crippen molar-refractivity contribution in [3.63, 3.8) is 0 Å². The molecule has 1 saturated heterocycles. The highest BCUT2D eigenvalue weighted by atomic mass is 32.1.